The number of rotatable bonds is 3. The van der Waals surface area contributed by atoms with E-state index in [1.54, 1.807) is 6.92 Å². The molecular weight excluding hydrogens is 404 g/mol. The van der Waals surface area contributed by atoms with Crippen molar-refractivity contribution in [2.75, 3.05) is 6.61 Å². The van der Waals surface area contributed by atoms with E-state index in [9.17, 15) is 9.59 Å². The van der Waals surface area contributed by atoms with Gasteiger partial charge in [0, 0.05) is 31.7 Å². The highest BCUT2D eigenvalue weighted by molar-refractivity contribution is 6.46. The molecule has 1 fully saturated rings. The van der Waals surface area contributed by atoms with E-state index < -0.39 is 28.0 Å². The molecule has 5 nitrogen and oxygen atoms in total. The smallest absolute Gasteiger partial charge is 0.335 e. The van der Waals surface area contributed by atoms with Gasteiger partial charge in [-0.15, -0.1) is 0 Å². The molecule has 0 radical (unpaired) electrons. The Morgan fingerprint density at radius 3 is 2.63 bits per heavy atom. The molecule has 1 aromatic carbocycles. The summed E-state index contributed by atoms with van der Waals surface area (Å²) in [5, 5.41) is 0. The molecule has 0 saturated heterocycles. The third-order valence-electron chi connectivity index (χ3n) is 7.11. The number of alkyl halides is 1. The van der Waals surface area contributed by atoms with Gasteiger partial charge in [-0.25, -0.2) is 4.79 Å². The summed E-state index contributed by atoms with van der Waals surface area (Å²) in [6.45, 7) is 12.1. The van der Waals surface area contributed by atoms with Crippen molar-refractivity contribution in [3.8, 4) is 5.75 Å². The number of hydrogen-bond donors (Lipinski definition) is 0. The number of fused-ring (bicyclic) bond motifs is 2. The van der Waals surface area contributed by atoms with E-state index in [2.05, 4.69) is 32.9 Å². The van der Waals surface area contributed by atoms with E-state index >= 15 is 0 Å². The topological polar surface area (TPSA) is 61.8 Å². The molecule has 3 aliphatic rings. The van der Waals surface area contributed by atoms with Gasteiger partial charge in [0.25, 0.3) is 0 Å². The Balaban J connectivity index is 1.93. The lowest BCUT2D eigenvalue weighted by Gasteiger charge is -2.55. The Morgan fingerprint density at radius 2 is 2.00 bits per heavy atom. The van der Waals surface area contributed by atoms with Crippen LogP contribution in [0.1, 0.15) is 89.5 Å². The highest BCUT2D eigenvalue weighted by atomic mass is 35.5. The van der Waals surface area contributed by atoms with Gasteiger partial charge in [-0.2, -0.15) is 0 Å². The molecule has 0 bridgehead atoms. The van der Waals surface area contributed by atoms with Crippen molar-refractivity contribution in [1.29, 1.82) is 0 Å². The summed E-state index contributed by atoms with van der Waals surface area (Å²) < 4.78 is 17.9. The second kappa shape index (κ2) is 6.96. The number of ether oxygens (including phenoxy) is 3. The Labute approximate surface area is 183 Å². The maximum Gasteiger partial charge on any atom is 0.335 e. The van der Waals surface area contributed by atoms with Crippen molar-refractivity contribution < 1.29 is 23.8 Å². The number of halogens is 1. The number of Topliss-reactive ketones (excluding diaryl/α,β-unsaturated/α-hetero) is 1. The van der Waals surface area contributed by atoms with E-state index in [0.717, 1.165) is 22.4 Å². The molecule has 1 aromatic rings. The molecule has 0 amide bonds. The molecule has 0 unspecified atom stereocenters. The normalized spacial score (nSPS) is 34.1. The summed E-state index contributed by atoms with van der Waals surface area (Å²) in [6.07, 6.45) is 1.05. The van der Waals surface area contributed by atoms with E-state index in [4.69, 9.17) is 25.8 Å². The van der Waals surface area contributed by atoms with Gasteiger partial charge in [-0.3, -0.25) is 4.79 Å². The first-order valence-corrected chi connectivity index (χ1v) is 11.3. The summed E-state index contributed by atoms with van der Waals surface area (Å²) in [5.74, 6) is -0.941. The Morgan fingerprint density at radius 1 is 1.30 bits per heavy atom. The van der Waals surface area contributed by atoms with Crippen molar-refractivity contribution >= 4 is 23.4 Å². The molecule has 4 rings (SSSR count). The minimum atomic E-state index is -1.69. The van der Waals surface area contributed by atoms with Crippen molar-refractivity contribution in [3.05, 3.63) is 28.8 Å². The maximum absolute atomic E-state index is 13.0. The van der Waals surface area contributed by atoms with Crippen LogP contribution in [0.2, 0.25) is 0 Å². The zero-order chi connectivity index (χ0) is 22.1. The first-order chi connectivity index (χ1) is 14.0. The van der Waals surface area contributed by atoms with Crippen LogP contribution >= 0.6 is 11.6 Å². The van der Waals surface area contributed by atoms with Crippen LogP contribution in [0.3, 0.4) is 0 Å². The van der Waals surface area contributed by atoms with E-state index in [0.29, 0.717) is 18.8 Å². The van der Waals surface area contributed by atoms with Gasteiger partial charge < -0.3 is 14.2 Å². The van der Waals surface area contributed by atoms with E-state index in [1.165, 1.54) is 0 Å². The monoisotopic (exact) mass is 434 g/mol. The highest BCUT2D eigenvalue weighted by Crippen LogP contribution is 2.62. The molecule has 30 heavy (non-hydrogen) atoms. The predicted molar refractivity (Wildman–Crippen MR) is 114 cm³/mol. The fourth-order valence-corrected chi connectivity index (χ4v) is 6.13. The third-order valence-corrected chi connectivity index (χ3v) is 7.74. The molecule has 2 aliphatic carbocycles. The number of carbonyl (C=O) groups is 2. The molecule has 1 saturated carbocycles. The van der Waals surface area contributed by atoms with Gasteiger partial charge in [0.2, 0.25) is 10.7 Å². The number of ketones is 1. The van der Waals surface area contributed by atoms with Gasteiger partial charge in [0.05, 0.1) is 12.7 Å². The van der Waals surface area contributed by atoms with Crippen LogP contribution in [-0.4, -0.2) is 29.0 Å². The number of benzene rings is 1. The average molecular weight is 435 g/mol. The number of carbonyl (C=O) groups excluding carboxylic acids is 2. The molecule has 4 atom stereocenters. The van der Waals surface area contributed by atoms with Crippen LogP contribution in [0.4, 0.5) is 0 Å². The average Bonchev–Trinajstić information content (AvgIpc) is 2.66. The summed E-state index contributed by atoms with van der Waals surface area (Å²) in [6, 6.07) is 4.23. The van der Waals surface area contributed by atoms with Crippen molar-refractivity contribution in [1.82, 2.24) is 0 Å². The van der Waals surface area contributed by atoms with Gasteiger partial charge in [0.15, 0.2) is 5.78 Å². The zero-order valence-electron chi connectivity index (χ0n) is 18.6. The lowest BCUT2D eigenvalue weighted by Crippen LogP contribution is -2.61. The Kier molecular flexibility index (Phi) is 5.02. The van der Waals surface area contributed by atoms with Crippen LogP contribution in [0, 0.1) is 5.92 Å². The third kappa shape index (κ3) is 2.92. The number of hydrogen-bond acceptors (Lipinski definition) is 5. The summed E-state index contributed by atoms with van der Waals surface area (Å²) in [5.41, 5.74) is 2.82. The summed E-state index contributed by atoms with van der Waals surface area (Å²) >= 11 is 6.91. The quantitative estimate of drug-likeness (QED) is 0.372. The van der Waals surface area contributed by atoms with Gasteiger partial charge in [-0.05, 0) is 42.2 Å². The SMILES string of the molecule is CCOC(=O)[C@@]1(Cl)C(=O)CC[C@]2(C)c3ccc(C(C)C)c4c3[C@H](C[C@@H]12)OC(C)(C)O4. The fourth-order valence-electron chi connectivity index (χ4n) is 5.65. The van der Waals surface area contributed by atoms with E-state index in [-0.39, 0.29) is 24.9 Å². The van der Waals surface area contributed by atoms with Gasteiger partial charge in [-0.1, -0.05) is 44.5 Å². The molecule has 1 aliphatic heterocycles. The second-order valence-electron chi connectivity index (χ2n) is 9.77. The molecule has 0 spiro atoms. The molecule has 0 N–H and O–H groups in total. The predicted octanol–water partition coefficient (Wildman–Crippen LogP) is 5.18. The standard InChI is InChI=1S/C24H31ClO5/c1-7-28-21(27)24(25)17-12-16-19-15(23(17,6)11-10-18(24)26)9-8-14(13(2)3)20(19)30-22(4,5)29-16/h8-9,13,16-17H,7,10-12H2,1-6H3/t16-,17+,23+,24-/m0/s1. The summed E-state index contributed by atoms with van der Waals surface area (Å²) in [7, 11) is 0. The fraction of sp³-hybridized carbons (Fsp3) is 0.667. The maximum atomic E-state index is 13.0. The van der Waals surface area contributed by atoms with Gasteiger partial charge >= 0.3 is 5.97 Å². The molecular formula is C24H31ClO5. The number of esters is 1. The van der Waals surface area contributed by atoms with Crippen LogP contribution in [-0.2, 0) is 24.5 Å². The lowest BCUT2D eigenvalue weighted by atomic mass is 9.53. The van der Waals surface area contributed by atoms with Crippen molar-refractivity contribution in [2.45, 2.75) is 88.9 Å². The Bertz CT molecular complexity index is 907. The summed E-state index contributed by atoms with van der Waals surface area (Å²) in [4.78, 5) is 24.2. The van der Waals surface area contributed by atoms with E-state index in [1.807, 2.05) is 13.8 Å². The lowest BCUT2D eigenvalue weighted by molar-refractivity contribution is -0.218. The largest absolute Gasteiger partial charge is 0.464 e. The van der Waals surface area contributed by atoms with Crippen molar-refractivity contribution in [3.63, 3.8) is 0 Å². The van der Waals surface area contributed by atoms with Crippen LogP contribution < -0.4 is 4.74 Å². The first kappa shape index (κ1) is 21.6. The van der Waals surface area contributed by atoms with Crippen LogP contribution in [0.5, 0.6) is 5.75 Å². The second-order valence-corrected chi connectivity index (χ2v) is 10.4. The van der Waals surface area contributed by atoms with Crippen LogP contribution in [0.25, 0.3) is 0 Å². The first-order valence-electron chi connectivity index (χ1n) is 10.9. The van der Waals surface area contributed by atoms with Gasteiger partial charge in [0.1, 0.15) is 5.75 Å². The zero-order valence-corrected chi connectivity index (χ0v) is 19.4. The molecule has 164 valence electrons. The molecule has 1 heterocycles. The minimum absolute atomic E-state index is 0.184. The Hall–Kier alpha value is -1.59. The molecule has 6 heteroatoms. The highest BCUT2D eigenvalue weighted by Gasteiger charge is 2.64. The van der Waals surface area contributed by atoms with Crippen LogP contribution in [0.15, 0.2) is 12.1 Å². The van der Waals surface area contributed by atoms with Crippen molar-refractivity contribution in [2.24, 2.45) is 5.92 Å². The minimum Gasteiger partial charge on any atom is -0.464 e. The molecule has 0 aromatic heterocycles.